The summed E-state index contributed by atoms with van der Waals surface area (Å²) in [5.41, 5.74) is 3.05. The fraction of sp³-hybridized carbons (Fsp3) is 0.360. The molecule has 0 aliphatic heterocycles. The molecule has 0 atom stereocenters. The summed E-state index contributed by atoms with van der Waals surface area (Å²) in [6.07, 6.45) is 7.45. The van der Waals surface area contributed by atoms with Crippen LogP contribution in [0.2, 0.25) is 0 Å². The zero-order valence-electron chi connectivity index (χ0n) is 16.0. The lowest BCUT2D eigenvalue weighted by Gasteiger charge is -2.01. The van der Waals surface area contributed by atoms with Gasteiger partial charge in [0.2, 0.25) is 0 Å². The van der Waals surface area contributed by atoms with Crippen molar-refractivity contribution in [2.24, 2.45) is 0 Å². The van der Waals surface area contributed by atoms with E-state index < -0.39 is 0 Å². The van der Waals surface area contributed by atoms with Crippen molar-refractivity contribution in [1.82, 2.24) is 0 Å². The van der Waals surface area contributed by atoms with Crippen molar-refractivity contribution >= 4 is 0 Å². The van der Waals surface area contributed by atoms with Crippen molar-refractivity contribution in [2.45, 2.75) is 52.4 Å². The molecule has 0 radical (unpaired) electrons. The van der Waals surface area contributed by atoms with Crippen LogP contribution in [0.3, 0.4) is 0 Å². The first-order valence-corrected chi connectivity index (χ1v) is 9.65. The molecule has 0 unspecified atom stereocenters. The van der Waals surface area contributed by atoms with Crippen LogP contribution >= 0.6 is 0 Å². The van der Waals surface area contributed by atoms with Crippen LogP contribution in [-0.2, 0) is 0 Å². The summed E-state index contributed by atoms with van der Waals surface area (Å²) in [5, 5.41) is 0. The van der Waals surface area contributed by atoms with Gasteiger partial charge in [-0.05, 0) is 61.9 Å². The molecule has 0 fully saturated rings. The Morgan fingerprint density at radius 2 is 1.19 bits per heavy atom. The zero-order chi connectivity index (χ0) is 18.5. The molecule has 0 aliphatic carbocycles. The quantitative estimate of drug-likeness (QED) is 0.429. The van der Waals surface area contributed by atoms with E-state index in [4.69, 9.17) is 4.74 Å². The Bertz CT molecular complexity index is 761. The van der Waals surface area contributed by atoms with Crippen molar-refractivity contribution in [3.63, 3.8) is 0 Å². The highest BCUT2D eigenvalue weighted by Gasteiger charge is 1.92. The lowest BCUT2D eigenvalue weighted by Crippen LogP contribution is -1.90. The predicted molar refractivity (Wildman–Crippen MR) is 110 cm³/mol. The summed E-state index contributed by atoms with van der Waals surface area (Å²) >= 11 is 0. The second-order valence-electron chi connectivity index (χ2n) is 6.25. The fourth-order valence-corrected chi connectivity index (χ4v) is 2.56. The number of ether oxygens (including phenoxy) is 1. The number of hydrogen-bond donors (Lipinski definition) is 0. The fourth-order valence-electron chi connectivity index (χ4n) is 2.56. The molecule has 1 heteroatoms. The molecule has 0 N–H and O–H groups in total. The highest BCUT2D eigenvalue weighted by molar-refractivity contribution is 5.46. The molecule has 0 saturated carbocycles. The van der Waals surface area contributed by atoms with E-state index in [1.54, 1.807) is 0 Å². The summed E-state index contributed by atoms with van der Waals surface area (Å²) in [5.74, 6) is 13.8. The molecular formula is C25H28O. The van der Waals surface area contributed by atoms with Gasteiger partial charge in [-0.25, -0.2) is 0 Å². The van der Waals surface area contributed by atoms with Crippen LogP contribution in [-0.4, -0.2) is 6.61 Å². The van der Waals surface area contributed by atoms with E-state index in [2.05, 4.69) is 30.6 Å². The normalized spacial score (nSPS) is 9.62. The van der Waals surface area contributed by atoms with Gasteiger partial charge < -0.3 is 4.74 Å². The first-order valence-electron chi connectivity index (χ1n) is 9.65. The number of rotatable bonds is 7. The maximum atomic E-state index is 5.44. The summed E-state index contributed by atoms with van der Waals surface area (Å²) in [6, 6.07) is 16.0. The number of unbranched alkanes of at least 4 members (excludes halogenated alkanes) is 5. The Morgan fingerprint density at radius 1 is 0.654 bits per heavy atom. The van der Waals surface area contributed by atoms with Crippen LogP contribution in [0, 0.1) is 23.7 Å². The molecule has 0 aromatic heterocycles. The highest BCUT2D eigenvalue weighted by atomic mass is 16.5. The monoisotopic (exact) mass is 344 g/mol. The molecule has 1 nitrogen and oxygen atoms in total. The van der Waals surface area contributed by atoms with Crippen LogP contribution in [0.15, 0.2) is 48.5 Å². The second-order valence-corrected chi connectivity index (χ2v) is 6.25. The third kappa shape index (κ3) is 7.50. The van der Waals surface area contributed by atoms with Gasteiger partial charge in [-0.3, -0.25) is 0 Å². The van der Waals surface area contributed by atoms with E-state index in [-0.39, 0.29) is 0 Å². The molecule has 2 aromatic carbocycles. The van der Waals surface area contributed by atoms with E-state index in [1.165, 1.54) is 32.1 Å². The van der Waals surface area contributed by atoms with Gasteiger partial charge in [0.1, 0.15) is 5.75 Å². The standard InChI is InChI=1S/C25H28O/c1-3-5-6-7-8-9-10-11-22-12-14-23(15-13-22)16-17-24-18-20-25(21-19-24)26-4-2/h12-15,18-21H,3-9H2,1-2H3. The molecule has 0 heterocycles. The van der Waals surface area contributed by atoms with E-state index in [1.807, 2.05) is 55.5 Å². The maximum Gasteiger partial charge on any atom is 0.119 e. The summed E-state index contributed by atoms with van der Waals surface area (Å²) in [7, 11) is 0. The van der Waals surface area contributed by atoms with Crippen LogP contribution in [0.1, 0.15) is 69.1 Å². The molecule has 0 bridgehead atoms. The molecule has 0 amide bonds. The number of hydrogen-bond acceptors (Lipinski definition) is 1. The minimum Gasteiger partial charge on any atom is -0.494 e. The summed E-state index contributed by atoms with van der Waals surface area (Å²) in [4.78, 5) is 0. The van der Waals surface area contributed by atoms with Gasteiger partial charge in [0, 0.05) is 23.1 Å². The van der Waals surface area contributed by atoms with Gasteiger partial charge in [0.25, 0.3) is 0 Å². The van der Waals surface area contributed by atoms with Gasteiger partial charge in [-0.2, -0.15) is 0 Å². The zero-order valence-corrected chi connectivity index (χ0v) is 16.0. The number of benzene rings is 2. The maximum absolute atomic E-state index is 5.44. The Balaban J connectivity index is 1.84. The van der Waals surface area contributed by atoms with E-state index in [0.29, 0.717) is 6.61 Å². The van der Waals surface area contributed by atoms with E-state index in [0.717, 1.165) is 28.9 Å². The first kappa shape index (κ1) is 19.7. The smallest absolute Gasteiger partial charge is 0.119 e. The van der Waals surface area contributed by atoms with E-state index >= 15 is 0 Å². The van der Waals surface area contributed by atoms with Crippen molar-refractivity contribution in [2.75, 3.05) is 6.61 Å². The van der Waals surface area contributed by atoms with Gasteiger partial charge in [-0.15, -0.1) is 0 Å². The SMILES string of the molecule is CCCCCCCC#Cc1ccc(C#Cc2ccc(OCC)cc2)cc1. The third-order valence-electron chi connectivity index (χ3n) is 4.04. The molecular weight excluding hydrogens is 316 g/mol. The lowest BCUT2D eigenvalue weighted by molar-refractivity contribution is 0.340. The Kier molecular flexibility index (Phi) is 8.96. The van der Waals surface area contributed by atoms with Crippen molar-refractivity contribution in [3.8, 4) is 29.4 Å². The molecule has 0 spiro atoms. The van der Waals surface area contributed by atoms with Crippen molar-refractivity contribution in [3.05, 3.63) is 65.2 Å². The lowest BCUT2D eigenvalue weighted by atomic mass is 10.1. The van der Waals surface area contributed by atoms with Crippen LogP contribution in [0.4, 0.5) is 0 Å². The summed E-state index contributed by atoms with van der Waals surface area (Å²) in [6.45, 7) is 4.90. The molecule has 0 aliphatic rings. The largest absolute Gasteiger partial charge is 0.494 e. The first-order chi connectivity index (χ1) is 12.8. The molecule has 26 heavy (non-hydrogen) atoms. The molecule has 0 saturated heterocycles. The predicted octanol–water partition coefficient (Wildman–Crippen LogP) is 6.20. The molecule has 2 aromatic rings. The van der Waals surface area contributed by atoms with Gasteiger partial charge >= 0.3 is 0 Å². The summed E-state index contributed by atoms with van der Waals surface area (Å²) < 4.78 is 5.44. The average molecular weight is 344 g/mol. The van der Waals surface area contributed by atoms with Crippen LogP contribution < -0.4 is 4.74 Å². The van der Waals surface area contributed by atoms with Gasteiger partial charge in [0.05, 0.1) is 6.61 Å². The Labute approximate surface area is 158 Å². The van der Waals surface area contributed by atoms with E-state index in [9.17, 15) is 0 Å². The Hall–Kier alpha value is -2.64. The molecule has 134 valence electrons. The Morgan fingerprint density at radius 3 is 1.77 bits per heavy atom. The van der Waals surface area contributed by atoms with Crippen molar-refractivity contribution < 1.29 is 4.74 Å². The minimum absolute atomic E-state index is 0.680. The van der Waals surface area contributed by atoms with Gasteiger partial charge in [0.15, 0.2) is 0 Å². The van der Waals surface area contributed by atoms with Crippen molar-refractivity contribution in [1.29, 1.82) is 0 Å². The van der Waals surface area contributed by atoms with Crippen LogP contribution in [0.5, 0.6) is 5.75 Å². The average Bonchev–Trinajstić information content (AvgIpc) is 2.68. The highest BCUT2D eigenvalue weighted by Crippen LogP contribution is 2.11. The second kappa shape index (κ2) is 11.8. The third-order valence-corrected chi connectivity index (χ3v) is 4.04. The van der Waals surface area contributed by atoms with Gasteiger partial charge in [-0.1, -0.05) is 56.3 Å². The van der Waals surface area contributed by atoms with Crippen LogP contribution in [0.25, 0.3) is 0 Å². The molecule has 2 rings (SSSR count). The topological polar surface area (TPSA) is 9.23 Å². The minimum atomic E-state index is 0.680.